The minimum atomic E-state index is -0.555. The van der Waals surface area contributed by atoms with E-state index in [1.54, 1.807) is 50.5 Å². The van der Waals surface area contributed by atoms with Gasteiger partial charge in [0, 0.05) is 24.6 Å². The second-order valence-electron chi connectivity index (χ2n) is 6.33. The summed E-state index contributed by atoms with van der Waals surface area (Å²) in [6.07, 6.45) is 1.56. The third kappa shape index (κ3) is 3.01. The van der Waals surface area contributed by atoms with Crippen molar-refractivity contribution < 1.29 is 14.3 Å². The predicted molar refractivity (Wildman–Crippen MR) is 103 cm³/mol. The number of carbonyl (C=O) groups excluding carboxylic acids is 2. The van der Waals surface area contributed by atoms with Crippen LogP contribution in [-0.4, -0.2) is 21.4 Å². The molecule has 1 aromatic carbocycles. The summed E-state index contributed by atoms with van der Waals surface area (Å²) in [6.45, 7) is 1.78. The number of benzene rings is 1. The molecule has 0 atom stereocenters. The van der Waals surface area contributed by atoms with Crippen molar-refractivity contribution in [1.29, 1.82) is 0 Å². The molecule has 1 aliphatic rings. The Labute approximate surface area is 159 Å². The van der Waals surface area contributed by atoms with Gasteiger partial charge in [-0.3, -0.25) is 14.4 Å². The fraction of sp³-hybridized carbons (Fsp3) is 0.100. The van der Waals surface area contributed by atoms with E-state index in [2.05, 4.69) is 15.6 Å². The van der Waals surface area contributed by atoms with Gasteiger partial charge in [-0.05, 0) is 49.4 Å². The molecule has 28 heavy (non-hydrogen) atoms. The first-order valence-corrected chi connectivity index (χ1v) is 8.50. The zero-order chi connectivity index (χ0) is 19.8. The number of ether oxygens (including phenoxy) is 1. The monoisotopic (exact) mass is 376 g/mol. The van der Waals surface area contributed by atoms with Crippen LogP contribution in [-0.2, 0) is 7.05 Å². The summed E-state index contributed by atoms with van der Waals surface area (Å²) in [5.74, 6) is -0.335. The van der Waals surface area contributed by atoms with E-state index >= 15 is 0 Å². The summed E-state index contributed by atoms with van der Waals surface area (Å²) in [7, 11) is 1.60. The van der Waals surface area contributed by atoms with Gasteiger partial charge in [0.25, 0.3) is 17.4 Å². The molecule has 0 fully saturated rings. The molecule has 0 saturated carbocycles. The number of amides is 2. The minimum Gasteiger partial charge on any atom is -0.436 e. The third-order valence-corrected chi connectivity index (χ3v) is 4.51. The van der Waals surface area contributed by atoms with Crippen LogP contribution in [0.25, 0.3) is 0 Å². The molecule has 2 aromatic heterocycles. The zero-order valence-electron chi connectivity index (χ0n) is 15.1. The fourth-order valence-corrected chi connectivity index (χ4v) is 2.83. The number of carbonyl (C=O) groups is 2. The summed E-state index contributed by atoms with van der Waals surface area (Å²) in [4.78, 5) is 41.4. The molecule has 8 heteroatoms. The van der Waals surface area contributed by atoms with E-state index < -0.39 is 11.5 Å². The number of nitrogens with one attached hydrogen (secondary N) is 2. The van der Waals surface area contributed by atoms with Gasteiger partial charge in [-0.25, -0.2) is 4.98 Å². The Morgan fingerprint density at radius 2 is 2.00 bits per heavy atom. The van der Waals surface area contributed by atoms with Gasteiger partial charge in [0.05, 0.1) is 5.56 Å². The molecule has 0 saturated heterocycles. The molecule has 3 heterocycles. The molecule has 2 N–H and O–H groups in total. The normalized spacial score (nSPS) is 12.1. The van der Waals surface area contributed by atoms with Crippen LogP contribution in [0.5, 0.6) is 11.6 Å². The highest BCUT2D eigenvalue weighted by atomic mass is 16.5. The number of anilines is 2. The Morgan fingerprint density at radius 3 is 2.82 bits per heavy atom. The lowest BCUT2D eigenvalue weighted by Crippen LogP contribution is -2.28. The number of hydrogen-bond donors (Lipinski definition) is 2. The van der Waals surface area contributed by atoms with E-state index in [0.717, 1.165) is 5.69 Å². The summed E-state index contributed by atoms with van der Waals surface area (Å²) >= 11 is 0. The number of hydrogen-bond acceptors (Lipinski definition) is 5. The third-order valence-electron chi connectivity index (χ3n) is 4.51. The van der Waals surface area contributed by atoms with Gasteiger partial charge >= 0.3 is 0 Å². The number of aryl methyl sites for hydroxylation is 1. The summed E-state index contributed by atoms with van der Waals surface area (Å²) < 4.78 is 7.11. The predicted octanol–water partition coefficient (Wildman–Crippen LogP) is 2.70. The van der Waals surface area contributed by atoms with Gasteiger partial charge in [-0.1, -0.05) is 0 Å². The second-order valence-corrected chi connectivity index (χ2v) is 6.33. The van der Waals surface area contributed by atoms with Crippen LogP contribution in [0.15, 0.2) is 53.5 Å². The highest BCUT2D eigenvalue weighted by molar-refractivity contribution is 6.09. The van der Waals surface area contributed by atoms with E-state index in [1.807, 2.05) is 0 Å². The molecule has 0 aliphatic carbocycles. The van der Waals surface area contributed by atoms with Gasteiger partial charge < -0.3 is 19.9 Å². The maximum absolute atomic E-state index is 12.5. The van der Waals surface area contributed by atoms with Crippen molar-refractivity contribution in [2.75, 3.05) is 10.6 Å². The van der Waals surface area contributed by atoms with E-state index in [-0.39, 0.29) is 22.9 Å². The van der Waals surface area contributed by atoms with Gasteiger partial charge in [0.15, 0.2) is 0 Å². The van der Waals surface area contributed by atoms with Crippen LogP contribution in [0, 0.1) is 6.92 Å². The van der Waals surface area contributed by atoms with Gasteiger partial charge in [0.1, 0.15) is 17.0 Å². The standard InChI is InChI=1S/C20H16N4O4/c1-11-5-7-13(20(27)24(11)2)17(25)22-12-6-8-16-14(10-12)18(26)23-15-4-3-9-21-19(15)28-16/h3-10H,1-2H3,(H,22,25)(H,23,26). The molecule has 0 bridgehead atoms. The highest BCUT2D eigenvalue weighted by Gasteiger charge is 2.22. The minimum absolute atomic E-state index is 0.0142. The Bertz CT molecular complexity index is 1180. The first-order valence-electron chi connectivity index (χ1n) is 8.50. The Kier molecular flexibility index (Phi) is 4.15. The van der Waals surface area contributed by atoms with Crippen molar-refractivity contribution in [1.82, 2.24) is 9.55 Å². The van der Waals surface area contributed by atoms with Crippen LogP contribution in [0.4, 0.5) is 11.4 Å². The van der Waals surface area contributed by atoms with Crippen molar-refractivity contribution in [2.24, 2.45) is 7.05 Å². The quantitative estimate of drug-likeness (QED) is 0.716. The largest absolute Gasteiger partial charge is 0.436 e. The molecule has 0 unspecified atom stereocenters. The molecule has 0 radical (unpaired) electrons. The van der Waals surface area contributed by atoms with E-state index in [9.17, 15) is 14.4 Å². The molecule has 4 rings (SSSR count). The van der Waals surface area contributed by atoms with E-state index in [1.165, 1.54) is 16.7 Å². The Morgan fingerprint density at radius 1 is 1.18 bits per heavy atom. The molecular formula is C20H16N4O4. The van der Waals surface area contributed by atoms with Crippen molar-refractivity contribution in [2.45, 2.75) is 6.92 Å². The lowest BCUT2D eigenvalue weighted by molar-refractivity contribution is 0.101. The van der Waals surface area contributed by atoms with Crippen LogP contribution in [0.2, 0.25) is 0 Å². The summed E-state index contributed by atoms with van der Waals surface area (Å²) in [5.41, 5.74) is 1.43. The summed E-state index contributed by atoms with van der Waals surface area (Å²) in [5, 5.41) is 5.38. The van der Waals surface area contributed by atoms with Crippen molar-refractivity contribution in [3.63, 3.8) is 0 Å². The van der Waals surface area contributed by atoms with Gasteiger partial charge in [-0.2, -0.15) is 0 Å². The molecule has 0 spiro atoms. The van der Waals surface area contributed by atoms with Crippen LogP contribution in [0.1, 0.15) is 26.4 Å². The smallest absolute Gasteiger partial charge is 0.263 e. The number of pyridine rings is 2. The molecule has 1 aliphatic heterocycles. The lowest BCUT2D eigenvalue weighted by atomic mass is 10.1. The zero-order valence-corrected chi connectivity index (χ0v) is 15.1. The lowest BCUT2D eigenvalue weighted by Gasteiger charge is -2.10. The topological polar surface area (TPSA) is 102 Å². The van der Waals surface area contributed by atoms with E-state index in [0.29, 0.717) is 17.1 Å². The first-order chi connectivity index (χ1) is 13.4. The molecule has 8 nitrogen and oxygen atoms in total. The fourth-order valence-electron chi connectivity index (χ4n) is 2.83. The Balaban J connectivity index is 1.64. The van der Waals surface area contributed by atoms with Crippen molar-refractivity contribution in [3.05, 3.63) is 75.8 Å². The second kappa shape index (κ2) is 6.66. The molecule has 140 valence electrons. The maximum atomic E-state index is 12.5. The molecular weight excluding hydrogens is 360 g/mol. The first kappa shape index (κ1) is 17.5. The SMILES string of the molecule is Cc1ccc(C(=O)Nc2ccc3c(c2)C(=O)Nc2cccnc2O3)c(=O)n1C. The van der Waals surface area contributed by atoms with E-state index in [4.69, 9.17) is 4.74 Å². The number of nitrogens with zero attached hydrogens (tertiary/aromatic N) is 2. The van der Waals surface area contributed by atoms with Gasteiger partial charge in [-0.15, -0.1) is 0 Å². The number of aromatic nitrogens is 2. The number of rotatable bonds is 2. The highest BCUT2D eigenvalue weighted by Crippen LogP contribution is 2.34. The number of fused-ring (bicyclic) bond motifs is 2. The van der Waals surface area contributed by atoms with Gasteiger partial charge in [0.2, 0.25) is 5.88 Å². The average molecular weight is 376 g/mol. The Hall–Kier alpha value is -3.94. The van der Waals surface area contributed by atoms with Crippen molar-refractivity contribution in [3.8, 4) is 11.6 Å². The summed E-state index contributed by atoms with van der Waals surface area (Å²) in [6, 6.07) is 11.2. The van der Waals surface area contributed by atoms with Crippen LogP contribution >= 0.6 is 0 Å². The molecule has 3 aromatic rings. The van der Waals surface area contributed by atoms with Crippen LogP contribution < -0.4 is 20.9 Å². The maximum Gasteiger partial charge on any atom is 0.263 e. The van der Waals surface area contributed by atoms with Crippen molar-refractivity contribution >= 4 is 23.2 Å². The average Bonchev–Trinajstić information content (AvgIpc) is 2.82. The molecule has 2 amide bonds. The van der Waals surface area contributed by atoms with Crippen LogP contribution in [0.3, 0.4) is 0 Å².